The van der Waals surface area contributed by atoms with Crippen molar-refractivity contribution in [2.45, 2.75) is 0 Å². The molecule has 0 fully saturated rings. The summed E-state index contributed by atoms with van der Waals surface area (Å²) in [5, 5.41) is 7.03. The third kappa shape index (κ3) is 4.29. The number of furan rings is 1. The van der Waals surface area contributed by atoms with E-state index in [1.807, 2.05) is 0 Å². The normalized spacial score (nSPS) is 11.7. The number of fused-ring (bicyclic) bond motifs is 8. The SMILES string of the molecule is c1ccc(N(c2ccccc2)c2cc(-c3cccc4c3c3ccccc3n4-c3ccccc3)c3oc4ccc5ccccc5c4c3c2)cc1. The highest BCUT2D eigenvalue weighted by atomic mass is 16.3. The zero-order chi connectivity index (χ0) is 32.3. The Morgan fingerprint density at radius 1 is 0.408 bits per heavy atom. The lowest BCUT2D eigenvalue weighted by Crippen LogP contribution is -2.09. The fourth-order valence-corrected chi connectivity index (χ4v) is 7.66. The average Bonchev–Trinajstić information content (AvgIpc) is 3.72. The molecule has 8 aromatic carbocycles. The van der Waals surface area contributed by atoms with Gasteiger partial charge < -0.3 is 13.9 Å². The molecule has 0 aliphatic carbocycles. The number of hydrogen-bond acceptors (Lipinski definition) is 2. The molecule has 230 valence electrons. The summed E-state index contributed by atoms with van der Waals surface area (Å²) in [6, 6.07) is 64.8. The molecule has 0 N–H and O–H groups in total. The van der Waals surface area contributed by atoms with Gasteiger partial charge in [-0.3, -0.25) is 0 Å². The van der Waals surface area contributed by atoms with Crippen molar-refractivity contribution in [3.63, 3.8) is 0 Å². The van der Waals surface area contributed by atoms with Gasteiger partial charge in [-0.2, -0.15) is 0 Å². The van der Waals surface area contributed by atoms with Crippen LogP contribution in [-0.4, -0.2) is 4.57 Å². The van der Waals surface area contributed by atoms with Crippen LogP contribution in [-0.2, 0) is 0 Å². The first-order valence-electron chi connectivity index (χ1n) is 16.7. The Balaban J connectivity index is 1.36. The minimum atomic E-state index is 0.886. The number of nitrogens with zero attached hydrogens (tertiary/aromatic N) is 2. The van der Waals surface area contributed by atoms with Gasteiger partial charge in [0.15, 0.2) is 0 Å². The second-order valence-corrected chi connectivity index (χ2v) is 12.5. The van der Waals surface area contributed by atoms with Crippen molar-refractivity contribution in [2.75, 3.05) is 4.90 Å². The van der Waals surface area contributed by atoms with Crippen LogP contribution in [0.1, 0.15) is 0 Å². The lowest BCUT2D eigenvalue weighted by Gasteiger charge is -2.26. The highest BCUT2D eigenvalue weighted by molar-refractivity contribution is 6.24. The van der Waals surface area contributed by atoms with E-state index >= 15 is 0 Å². The van der Waals surface area contributed by atoms with Gasteiger partial charge in [0.2, 0.25) is 0 Å². The van der Waals surface area contributed by atoms with E-state index in [-0.39, 0.29) is 0 Å². The summed E-state index contributed by atoms with van der Waals surface area (Å²) in [6.07, 6.45) is 0. The zero-order valence-corrected chi connectivity index (χ0v) is 26.6. The average molecular weight is 627 g/mol. The zero-order valence-electron chi connectivity index (χ0n) is 26.6. The van der Waals surface area contributed by atoms with Gasteiger partial charge in [0.1, 0.15) is 11.2 Å². The molecule has 0 saturated heterocycles. The molecule has 0 bridgehead atoms. The van der Waals surface area contributed by atoms with Crippen LogP contribution in [0.25, 0.3) is 71.3 Å². The monoisotopic (exact) mass is 626 g/mol. The van der Waals surface area contributed by atoms with E-state index in [0.717, 1.165) is 61.3 Å². The summed E-state index contributed by atoms with van der Waals surface area (Å²) in [5.74, 6) is 0. The Morgan fingerprint density at radius 3 is 1.80 bits per heavy atom. The highest BCUT2D eigenvalue weighted by Crippen LogP contribution is 2.47. The summed E-state index contributed by atoms with van der Waals surface area (Å²) in [6.45, 7) is 0. The van der Waals surface area contributed by atoms with Crippen molar-refractivity contribution in [3.8, 4) is 16.8 Å². The maximum Gasteiger partial charge on any atom is 0.143 e. The number of para-hydroxylation sites is 4. The number of rotatable bonds is 5. The minimum Gasteiger partial charge on any atom is -0.455 e. The molecule has 2 heterocycles. The third-order valence-corrected chi connectivity index (χ3v) is 9.74. The van der Waals surface area contributed by atoms with Crippen LogP contribution in [0.4, 0.5) is 17.1 Å². The maximum atomic E-state index is 6.92. The van der Waals surface area contributed by atoms with Crippen molar-refractivity contribution in [2.24, 2.45) is 0 Å². The van der Waals surface area contributed by atoms with Gasteiger partial charge >= 0.3 is 0 Å². The first kappa shape index (κ1) is 27.5. The largest absolute Gasteiger partial charge is 0.455 e. The lowest BCUT2D eigenvalue weighted by molar-refractivity contribution is 0.670. The minimum absolute atomic E-state index is 0.886. The quantitative estimate of drug-likeness (QED) is 0.190. The number of hydrogen-bond donors (Lipinski definition) is 0. The molecule has 2 aromatic heterocycles. The molecule has 3 heteroatoms. The van der Waals surface area contributed by atoms with Gasteiger partial charge in [-0.1, -0.05) is 115 Å². The molecule has 0 amide bonds. The van der Waals surface area contributed by atoms with Crippen molar-refractivity contribution in [1.29, 1.82) is 0 Å². The van der Waals surface area contributed by atoms with Crippen LogP contribution in [0.15, 0.2) is 186 Å². The standard InChI is InChI=1S/C46H30N2O/c1-4-16-32(17-5-1)47(33-18-6-2-7-19-33)35-29-39(46-40(30-35)45-36-22-11-10-15-31(36)27-28-43(45)49-46)37-24-14-26-42-44(37)38-23-12-13-25-41(38)48(42)34-20-8-3-9-21-34/h1-30H. The van der Waals surface area contributed by atoms with E-state index in [1.165, 1.54) is 27.1 Å². The number of aromatic nitrogens is 1. The topological polar surface area (TPSA) is 21.3 Å². The van der Waals surface area contributed by atoms with Crippen LogP contribution < -0.4 is 4.90 Å². The lowest BCUT2D eigenvalue weighted by atomic mass is 9.95. The smallest absolute Gasteiger partial charge is 0.143 e. The molecule has 10 aromatic rings. The van der Waals surface area contributed by atoms with Gasteiger partial charge in [-0.05, 0) is 83.1 Å². The number of benzene rings is 8. The maximum absolute atomic E-state index is 6.92. The van der Waals surface area contributed by atoms with Crippen molar-refractivity contribution < 1.29 is 4.42 Å². The summed E-state index contributed by atoms with van der Waals surface area (Å²) in [5.41, 5.74) is 10.7. The Labute approximate surface area is 283 Å². The fourth-order valence-electron chi connectivity index (χ4n) is 7.66. The van der Waals surface area contributed by atoms with Crippen LogP contribution in [0.2, 0.25) is 0 Å². The highest BCUT2D eigenvalue weighted by Gasteiger charge is 2.23. The van der Waals surface area contributed by atoms with Gasteiger partial charge in [0, 0.05) is 49.9 Å². The van der Waals surface area contributed by atoms with E-state index in [4.69, 9.17) is 4.42 Å². The summed E-state index contributed by atoms with van der Waals surface area (Å²) >= 11 is 0. The molecule has 0 radical (unpaired) electrons. The van der Waals surface area contributed by atoms with E-state index in [0.29, 0.717) is 0 Å². The first-order valence-corrected chi connectivity index (χ1v) is 16.7. The van der Waals surface area contributed by atoms with Crippen LogP contribution in [0, 0.1) is 0 Å². The Bertz CT molecular complexity index is 2770. The molecule has 49 heavy (non-hydrogen) atoms. The van der Waals surface area contributed by atoms with E-state index in [9.17, 15) is 0 Å². The molecule has 10 rings (SSSR count). The summed E-state index contributed by atoms with van der Waals surface area (Å²) < 4.78 is 9.30. The third-order valence-electron chi connectivity index (χ3n) is 9.74. The van der Waals surface area contributed by atoms with Gasteiger partial charge in [0.25, 0.3) is 0 Å². The molecule has 0 atom stereocenters. The number of anilines is 3. The van der Waals surface area contributed by atoms with E-state index in [2.05, 4.69) is 191 Å². The Hall–Kier alpha value is -6.58. The molecule has 0 aliphatic heterocycles. The Morgan fingerprint density at radius 2 is 1.04 bits per heavy atom. The van der Waals surface area contributed by atoms with Crippen LogP contribution in [0.5, 0.6) is 0 Å². The molecule has 0 saturated carbocycles. The van der Waals surface area contributed by atoms with Crippen LogP contribution in [0.3, 0.4) is 0 Å². The summed E-state index contributed by atoms with van der Waals surface area (Å²) in [4.78, 5) is 2.35. The fraction of sp³-hybridized carbons (Fsp3) is 0. The van der Waals surface area contributed by atoms with Crippen molar-refractivity contribution in [3.05, 3.63) is 182 Å². The molecule has 0 aliphatic rings. The molecule has 0 unspecified atom stereocenters. The van der Waals surface area contributed by atoms with Gasteiger partial charge in [0.05, 0.1) is 11.0 Å². The predicted octanol–water partition coefficient (Wildman–Crippen LogP) is 13.0. The van der Waals surface area contributed by atoms with E-state index in [1.54, 1.807) is 0 Å². The summed E-state index contributed by atoms with van der Waals surface area (Å²) in [7, 11) is 0. The molecular formula is C46H30N2O. The van der Waals surface area contributed by atoms with E-state index < -0.39 is 0 Å². The van der Waals surface area contributed by atoms with Crippen molar-refractivity contribution >= 4 is 71.6 Å². The second-order valence-electron chi connectivity index (χ2n) is 12.5. The predicted molar refractivity (Wildman–Crippen MR) is 206 cm³/mol. The first-order chi connectivity index (χ1) is 24.3. The molecule has 0 spiro atoms. The van der Waals surface area contributed by atoms with Crippen LogP contribution >= 0.6 is 0 Å². The van der Waals surface area contributed by atoms with Gasteiger partial charge in [-0.15, -0.1) is 0 Å². The second kappa shape index (κ2) is 11.0. The van der Waals surface area contributed by atoms with Gasteiger partial charge in [-0.25, -0.2) is 0 Å². The van der Waals surface area contributed by atoms with Crippen molar-refractivity contribution in [1.82, 2.24) is 4.57 Å². The molecular weight excluding hydrogens is 597 g/mol. The Kier molecular flexibility index (Phi) is 6.18. The molecule has 3 nitrogen and oxygen atoms in total.